The van der Waals surface area contributed by atoms with Crippen LogP contribution in [0.5, 0.6) is 0 Å². The lowest BCUT2D eigenvalue weighted by atomic mass is 10.3. The second-order valence-electron chi connectivity index (χ2n) is 4.35. The van der Waals surface area contributed by atoms with Gasteiger partial charge in [0.25, 0.3) is 11.5 Å². The molecule has 2 rings (SSSR count). The Morgan fingerprint density at radius 3 is 2.70 bits per heavy atom. The van der Waals surface area contributed by atoms with E-state index in [1.807, 2.05) is 6.07 Å². The van der Waals surface area contributed by atoms with Crippen molar-refractivity contribution in [3.63, 3.8) is 0 Å². The van der Waals surface area contributed by atoms with Crippen LogP contribution in [0.1, 0.15) is 14.5 Å². The average Bonchev–Trinajstić information content (AvgIpc) is 2.82. The summed E-state index contributed by atoms with van der Waals surface area (Å²) in [4.78, 5) is 23.7. The van der Waals surface area contributed by atoms with Crippen molar-refractivity contribution in [1.82, 2.24) is 4.57 Å². The zero-order valence-electron chi connectivity index (χ0n) is 11.1. The fraction of sp³-hybridized carbons (Fsp3) is 0.154. The van der Waals surface area contributed by atoms with E-state index in [2.05, 4.69) is 5.32 Å². The molecule has 1 N–H and O–H groups in total. The number of nitrogens with one attached hydrogen (secondary N) is 1. The minimum absolute atomic E-state index is 0.0156. The highest BCUT2D eigenvalue weighted by Gasteiger charge is 2.28. The lowest BCUT2D eigenvalue weighted by Gasteiger charge is -2.11. The molecule has 0 aliphatic rings. The Balaban J connectivity index is 2.23. The zero-order chi connectivity index (χ0) is 17.2. The number of anilines is 1. The maximum atomic E-state index is 12.4. The van der Waals surface area contributed by atoms with E-state index in [1.54, 1.807) is 0 Å². The van der Waals surface area contributed by atoms with E-state index in [0.29, 0.717) is 4.57 Å². The Labute approximate surface area is 136 Å². The molecule has 0 unspecified atom stereocenters. The van der Waals surface area contributed by atoms with E-state index < -0.39 is 24.2 Å². The number of halogens is 4. The van der Waals surface area contributed by atoms with Crippen LogP contribution in [0.2, 0.25) is 5.02 Å². The zero-order valence-corrected chi connectivity index (χ0v) is 12.7. The van der Waals surface area contributed by atoms with Crippen molar-refractivity contribution in [3.8, 4) is 6.07 Å². The lowest BCUT2D eigenvalue weighted by Crippen LogP contribution is -2.27. The van der Waals surface area contributed by atoms with Crippen LogP contribution in [0, 0.1) is 11.3 Å². The topological polar surface area (TPSA) is 74.9 Å². The van der Waals surface area contributed by atoms with Gasteiger partial charge in [0.05, 0.1) is 15.6 Å². The second-order valence-corrected chi connectivity index (χ2v) is 5.81. The number of pyridine rings is 1. The van der Waals surface area contributed by atoms with Gasteiger partial charge in [0, 0.05) is 12.3 Å². The minimum atomic E-state index is -4.56. The van der Waals surface area contributed by atoms with Gasteiger partial charge >= 0.3 is 6.18 Å². The molecule has 2 aromatic rings. The normalized spacial score (nSPS) is 11.1. The van der Waals surface area contributed by atoms with Crippen LogP contribution in [-0.4, -0.2) is 16.7 Å². The number of hydrogen-bond donors (Lipinski definition) is 1. The summed E-state index contributed by atoms with van der Waals surface area (Å²) in [5.41, 5.74) is -0.826. The maximum Gasteiger partial charge on any atom is 0.406 e. The Morgan fingerprint density at radius 1 is 1.43 bits per heavy atom. The summed E-state index contributed by atoms with van der Waals surface area (Å²) >= 11 is 6.60. The number of carbonyl (C=O) groups excluding carboxylic acids is 1. The van der Waals surface area contributed by atoms with E-state index in [4.69, 9.17) is 16.9 Å². The average molecular weight is 362 g/mol. The number of aromatic nitrogens is 1. The summed E-state index contributed by atoms with van der Waals surface area (Å²) in [5, 5.41) is 11.2. The first-order valence-electron chi connectivity index (χ1n) is 5.97. The molecule has 0 atom stereocenters. The van der Waals surface area contributed by atoms with Gasteiger partial charge in [0.1, 0.15) is 17.5 Å². The van der Waals surface area contributed by atoms with Crippen LogP contribution in [0.3, 0.4) is 0 Å². The molecule has 0 bridgehead atoms. The minimum Gasteiger partial charge on any atom is -0.320 e. The first-order chi connectivity index (χ1) is 10.7. The van der Waals surface area contributed by atoms with Gasteiger partial charge < -0.3 is 9.88 Å². The summed E-state index contributed by atoms with van der Waals surface area (Å²) in [5.74, 6) is -0.643. The van der Waals surface area contributed by atoms with Crippen molar-refractivity contribution in [3.05, 3.63) is 49.5 Å². The Morgan fingerprint density at radius 2 is 2.13 bits per heavy atom. The molecule has 0 aromatic carbocycles. The summed E-state index contributed by atoms with van der Waals surface area (Å²) in [6, 6.07) is 5.20. The molecule has 5 nitrogen and oxygen atoms in total. The van der Waals surface area contributed by atoms with Crippen molar-refractivity contribution >= 4 is 34.5 Å². The molecule has 10 heteroatoms. The molecular formula is C13H7ClF3N3O2S. The van der Waals surface area contributed by atoms with Crippen molar-refractivity contribution in [2.75, 3.05) is 5.32 Å². The number of hydrogen-bond acceptors (Lipinski definition) is 4. The third kappa shape index (κ3) is 4.34. The van der Waals surface area contributed by atoms with Gasteiger partial charge in [-0.3, -0.25) is 9.59 Å². The Hall–Kier alpha value is -2.31. The third-order valence-electron chi connectivity index (χ3n) is 2.60. The molecule has 1 amide bonds. The van der Waals surface area contributed by atoms with Crippen LogP contribution >= 0.6 is 22.9 Å². The molecule has 0 saturated carbocycles. The van der Waals surface area contributed by atoms with Gasteiger partial charge in [-0.1, -0.05) is 11.6 Å². The standard InChI is InChI=1S/C13H7ClF3N3O2S/c14-8-3-9(23-10(8)4-18)12(22)19-7-1-2-11(21)20(5-7)6-13(15,16)17/h1-3,5H,6H2,(H,19,22). The highest BCUT2D eigenvalue weighted by molar-refractivity contribution is 7.15. The highest BCUT2D eigenvalue weighted by atomic mass is 35.5. The van der Waals surface area contributed by atoms with Crippen molar-refractivity contribution in [2.45, 2.75) is 12.7 Å². The van der Waals surface area contributed by atoms with E-state index in [1.165, 1.54) is 12.1 Å². The molecular weight excluding hydrogens is 355 g/mol. The molecule has 0 radical (unpaired) electrons. The largest absolute Gasteiger partial charge is 0.406 e. The summed E-state index contributed by atoms with van der Waals surface area (Å²) in [6.45, 7) is -1.46. The predicted molar refractivity (Wildman–Crippen MR) is 78.8 cm³/mol. The Bertz CT molecular complexity index is 851. The molecule has 2 aromatic heterocycles. The molecule has 0 aliphatic carbocycles. The quantitative estimate of drug-likeness (QED) is 0.911. The molecule has 0 spiro atoms. The number of carbonyl (C=O) groups is 1. The number of thiophene rings is 1. The fourth-order valence-electron chi connectivity index (χ4n) is 1.67. The van der Waals surface area contributed by atoms with E-state index >= 15 is 0 Å². The SMILES string of the molecule is N#Cc1sc(C(=O)Nc2ccc(=O)n(CC(F)(F)F)c2)cc1Cl. The second kappa shape index (κ2) is 6.44. The maximum absolute atomic E-state index is 12.4. The van der Waals surface area contributed by atoms with Gasteiger partial charge in [-0.05, 0) is 12.1 Å². The van der Waals surface area contributed by atoms with Gasteiger partial charge in [-0.2, -0.15) is 18.4 Å². The van der Waals surface area contributed by atoms with E-state index in [0.717, 1.165) is 23.6 Å². The van der Waals surface area contributed by atoms with Crippen molar-refractivity contribution in [1.29, 1.82) is 5.26 Å². The van der Waals surface area contributed by atoms with Gasteiger partial charge in [-0.15, -0.1) is 11.3 Å². The highest BCUT2D eigenvalue weighted by Crippen LogP contribution is 2.26. The number of nitriles is 1. The van der Waals surface area contributed by atoms with Gasteiger partial charge in [0.2, 0.25) is 0 Å². The number of amides is 1. The van der Waals surface area contributed by atoms with Crippen LogP contribution in [0.4, 0.5) is 18.9 Å². The van der Waals surface area contributed by atoms with E-state index in [9.17, 15) is 22.8 Å². The van der Waals surface area contributed by atoms with Gasteiger partial charge in [-0.25, -0.2) is 0 Å². The predicted octanol–water partition coefficient (Wildman–Crippen LogP) is 3.25. The van der Waals surface area contributed by atoms with Crippen LogP contribution in [0.15, 0.2) is 29.2 Å². The fourth-order valence-corrected chi connectivity index (χ4v) is 2.75. The van der Waals surface area contributed by atoms with Crippen LogP contribution in [-0.2, 0) is 6.54 Å². The number of nitrogens with zero attached hydrogens (tertiary/aromatic N) is 2. The smallest absolute Gasteiger partial charge is 0.320 e. The monoisotopic (exact) mass is 361 g/mol. The lowest BCUT2D eigenvalue weighted by molar-refractivity contribution is -0.141. The summed E-state index contributed by atoms with van der Waals surface area (Å²) in [6.07, 6.45) is -3.66. The first kappa shape index (κ1) is 17.1. The van der Waals surface area contributed by atoms with Crippen LogP contribution in [0.25, 0.3) is 0 Å². The summed E-state index contributed by atoms with van der Waals surface area (Å²) in [7, 11) is 0. The molecule has 0 fully saturated rings. The first-order valence-corrected chi connectivity index (χ1v) is 7.17. The molecule has 2 heterocycles. The van der Waals surface area contributed by atoms with Crippen LogP contribution < -0.4 is 10.9 Å². The van der Waals surface area contributed by atoms with Crippen molar-refractivity contribution < 1.29 is 18.0 Å². The molecule has 0 aliphatic heterocycles. The molecule has 0 saturated heterocycles. The van der Waals surface area contributed by atoms with Gasteiger partial charge in [0.15, 0.2) is 0 Å². The Kier molecular flexibility index (Phi) is 4.77. The number of alkyl halides is 3. The number of rotatable bonds is 3. The van der Waals surface area contributed by atoms with Crippen molar-refractivity contribution in [2.24, 2.45) is 0 Å². The third-order valence-corrected chi connectivity index (χ3v) is 4.05. The van der Waals surface area contributed by atoms with E-state index in [-0.39, 0.29) is 20.5 Å². The molecule has 120 valence electrons. The molecule has 23 heavy (non-hydrogen) atoms. The summed E-state index contributed by atoms with van der Waals surface area (Å²) < 4.78 is 37.6.